The minimum absolute atomic E-state index is 0.617. The third kappa shape index (κ3) is 4.43. The zero-order valence-electron chi connectivity index (χ0n) is 15.0. The molecule has 1 fully saturated rings. The number of hydrogen-bond acceptors (Lipinski definition) is 5. The summed E-state index contributed by atoms with van der Waals surface area (Å²) in [6, 6.07) is 11.8. The standard InChI is InChI=1S/C20H22Cl2N2O2S/c21-15-3-1-4-16(22)20(15)27-14-11-23-7-9-24(10-8-23)17-5-2-6-18-19(17)26-13-12-25-18/h1-6H,7-14H2. The summed E-state index contributed by atoms with van der Waals surface area (Å²) in [6.45, 7) is 6.28. The Labute approximate surface area is 174 Å². The van der Waals surface area contributed by atoms with Crippen molar-refractivity contribution in [3.05, 3.63) is 46.4 Å². The summed E-state index contributed by atoms with van der Waals surface area (Å²) >= 11 is 14.2. The number of piperazine rings is 1. The lowest BCUT2D eigenvalue weighted by molar-refractivity contribution is 0.171. The van der Waals surface area contributed by atoms with Gasteiger partial charge in [0.25, 0.3) is 0 Å². The number of rotatable bonds is 5. The molecule has 0 atom stereocenters. The lowest BCUT2D eigenvalue weighted by Gasteiger charge is -2.37. The van der Waals surface area contributed by atoms with Gasteiger partial charge in [0.2, 0.25) is 0 Å². The molecule has 0 bridgehead atoms. The zero-order chi connectivity index (χ0) is 18.6. The molecule has 0 aromatic heterocycles. The van der Waals surface area contributed by atoms with Gasteiger partial charge in [0.05, 0.1) is 15.7 Å². The van der Waals surface area contributed by atoms with Crippen LogP contribution in [-0.2, 0) is 0 Å². The summed E-state index contributed by atoms with van der Waals surface area (Å²) in [6.07, 6.45) is 0. The highest BCUT2D eigenvalue weighted by atomic mass is 35.5. The predicted octanol–water partition coefficient (Wildman–Crippen LogP) is 4.68. The van der Waals surface area contributed by atoms with Gasteiger partial charge < -0.3 is 14.4 Å². The van der Waals surface area contributed by atoms with Crippen molar-refractivity contribution in [2.24, 2.45) is 0 Å². The number of hydrogen-bond donors (Lipinski definition) is 0. The molecule has 27 heavy (non-hydrogen) atoms. The van der Waals surface area contributed by atoms with Crippen molar-refractivity contribution in [1.82, 2.24) is 4.90 Å². The molecule has 144 valence electrons. The second kappa shape index (κ2) is 8.82. The maximum atomic E-state index is 6.25. The van der Waals surface area contributed by atoms with Crippen molar-refractivity contribution in [3.8, 4) is 11.5 Å². The maximum Gasteiger partial charge on any atom is 0.184 e. The van der Waals surface area contributed by atoms with Gasteiger partial charge in [-0.2, -0.15) is 0 Å². The van der Waals surface area contributed by atoms with Crippen LogP contribution in [0.25, 0.3) is 0 Å². The highest BCUT2D eigenvalue weighted by molar-refractivity contribution is 7.99. The van der Waals surface area contributed by atoms with Gasteiger partial charge in [-0.3, -0.25) is 4.90 Å². The van der Waals surface area contributed by atoms with Gasteiger partial charge in [0, 0.05) is 43.4 Å². The summed E-state index contributed by atoms with van der Waals surface area (Å²) < 4.78 is 11.6. The van der Waals surface area contributed by atoms with Crippen molar-refractivity contribution in [2.45, 2.75) is 4.90 Å². The molecule has 2 aliphatic heterocycles. The van der Waals surface area contributed by atoms with E-state index in [1.54, 1.807) is 11.8 Å². The highest BCUT2D eigenvalue weighted by Gasteiger charge is 2.23. The molecule has 0 N–H and O–H groups in total. The topological polar surface area (TPSA) is 24.9 Å². The minimum atomic E-state index is 0.617. The number of halogens is 2. The van der Waals surface area contributed by atoms with Gasteiger partial charge in [-0.25, -0.2) is 0 Å². The number of para-hydroxylation sites is 1. The Balaban J connectivity index is 1.30. The zero-order valence-corrected chi connectivity index (χ0v) is 17.3. The van der Waals surface area contributed by atoms with Crippen LogP contribution in [0.3, 0.4) is 0 Å². The number of benzene rings is 2. The number of nitrogens with zero attached hydrogens (tertiary/aromatic N) is 2. The third-order valence-electron chi connectivity index (χ3n) is 4.83. The molecule has 2 aromatic rings. The van der Waals surface area contributed by atoms with Crippen LogP contribution in [0.15, 0.2) is 41.3 Å². The molecule has 0 amide bonds. The van der Waals surface area contributed by atoms with Crippen LogP contribution in [-0.4, -0.2) is 56.6 Å². The van der Waals surface area contributed by atoms with Crippen LogP contribution < -0.4 is 14.4 Å². The summed E-state index contributed by atoms with van der Waals surface area (Å²) in [5, 5.41) is 1.46. The van der Waals surface area contributed by atoms with Gasteiger partial charge in [-0.1, -0.05) is 35.3 Å². The molecule has 0 aliphatic carbocycles. The van der Waals surface area contributed by atoms with E-state index < -0.39 is 0 Å². The molecule has 7 heteroatoms. The van der Waals surface area contributed by atoms with Crippen molar-refractivity contribution >= 4 is 40.7 Å². The van der Waals surface area contributed by atoms with Gasteiger partial charge in [0.1, 0.15) is 13.2 Å². The Hall–Kier alpha value is -1.27. The summed E-state index contributed by atoms with van der Waals surface area (Å²) in [5.74, 6) is 2.72. The van der Waals surface area contributed by atoms with E-state index in [4.69, 9.17) is 32.7 Å². The fraction of sp³-hybridized carbons (Fsp3) is 0.400. The van der Waals surface area contributed by atoms with Gasteiger partial charge in [-0.05, 0) is 24.3 Å². The summed E-state index contributed by atoms with van der Waals surface area (Å²) in [5.41, 5.74) is 1.14. The van der Waals surface area contributed by atoms with Crippen LogP contribution in [0, 0.1) is 0 Å². The predicted molar refractivity (Wildman–Crippen MR) is 113 cm³/mol. The van der Waals surface area contributed by atoms with Crippen molar-refractivity contribution in [3.63, 3.8) is 0 Å². The number of thioether (sulfide) groups is 1. The lowest BCUT2D eigenvalue weighted by Crippen LogP contribution is -2.47. The maximum absolute atomic E-state index is 6.25. The van der Waals surface area contributed by atoms with Gasteiger partial charge in [0.15, 0.2) is 11.5 Å². The number of ether oxygens (including phenoxy) is 2. The fourth-order valence-electron chi connectivity index (χ4n) is 3.42. The SMILES string of the molecule is Clc1cccc(Cl)c1SCCN1CCN(c2cccc3c2OCCO3)CC1. The molecule has 1 saturated heterocycles. The molecule has 2 aliphatic rings. The second-order valence-electron chi connectivity index (χ2n) is 6.53. The largest absolute Gasteiger partial charge is 0.486 e. The van der Waals surface area contributed by atoms with E-state index in [0.717, 1.165) is 70.6 Å². The molecular formula is C20H22Cl2N2O2S. The van der Waals surface area contributed by atoms with E-state index in [1.165, 1.54) is 0 Å². The fourth-order valence-corrected chi connectivity index (χ4v) is 5.11. The van der Waals surface area contributed by atoms with E-state index in [2.05, 4.69) is 15.9 Å². The molecule has 0 unspecified atom stereocenters. The summed E-state index contributed by atoms with van der Waals surface area (Å²) in [4.78, 5) is 5.86. The molecule has 0 saturated carbocycles. The van der Waals surface area contributed by atoms with Gasteiger partial charge >= 0.3 is 0 Å². The number of fused-ring (bicyclic) bond motifs is 1. The Morgan fingerprint density at radius 1 is 0.889 bits per heavy atom. The van der Waals surface area contributed by atoms with Crippen LogP contribution in [0.2, 0.25) is 10.0 Å². The normalized spacial score (nSPS) is 17.2. The minimum Gasteiger partial charge on any atom is -0.486 e. The summed E-state index contributed by atoms with van der Waals surface area (Å²) in [7, 11) is 0. The average Bonchev–Trinajstić information content (AvgIpc) is 2.70. The molecular weight excluding hydrogens is 403 g/mol. The van der Waals surface area contributed by atoms with Gasteiger partial charge in [-0.15, -0.1) is 11.8 Å². The third-order valence-corrected chi connectivity index (χ3v) is 6.80. The van der Waals surface area contributed by atoms with Crippen LogP contribution >= 0.6 is 35.0 Å². The van der Waals surface area contributed by atoms with Crippen LogP contribution in [0.1, 0.15) is 0 Å². The quantitative estimate of drug-likeness (QED) is 0.648. The first-order chi connectivity index (χ1) is 13.2. The molecule has 0 spiro atoms. The van der Waals surface area contributed by atoms with E-state index >= 15 is 0 Å². The highest BCUT2D eigenvalue weighted by Crippen LogP contribution is 2.40. The first-order valence-electron chi connectivity index (χ1n) is 9.15. The molecule has 4 nitrogen and oxygen atoms in total. The lowest BCUT2D eigenvalue weighted by atomic mass is 10.2. The van der Waals surface area contributed by atoms with E-state index in [1.807, 2.05) is 30.3 Å². The monoisotopic (exact) mass is 424 g/mol. The van der Waals surface area contributed by atoms with Crippen molar-refractivity contribution < 1.29 is 9.47 Å². The molecule has 0 radical (unpaired) electrons. The van der Waals surface area contributed by atoms with E-state index in [0.29, 0.717) is 13.2 Å². The van der Waals surface area contributed by atoms with Crippen LogP contribution in [0.4, 0.5) is 5.69 Å². The smallest absolute Gasteiger partial charge is 0.184 e. The van der Waals surface area contributed by atoms with Crippen LogP contribution in [0.5, 0.6) is 11.5 Å². The second-order valence-corrected chi connectivity index (χ2v) is 8.45. The Morgan fingerprint density at radius 3 is 2.37 bits per heavy atom. The Morgan fingerprint density at radius 2 is 1.59 bits per heavy atom. The van der Waals surface area contributed by atoms with Crippen molar-refractivity contribution in [1.29, 1.82) is 0 Å². The van der Waals surface area contributed by atoms with E-state index in [-0.39, 0.29) is 0 Å². The molecule has 2 aromatic carbocycles. The first-order valence-corrected chi connectivity index (χ1v) is 10.9. The average molecular weight is 425 g/mol. The molecule has 4 rings (SSSR count). The Kier molecular flexibility index (Phi) is 6.23. The molecule has 2 heterocycles. The Bertz CT molecular complexity index is 777. The first kappa shape index (κ1) is 19.1. The number of anilines is 1. The van der Waals surface area contributed by atoms with Crippen molar-refractivity contribution in [2.75, 3.05) is 56.6 Å². The van der Waals surface area contributed by atoms with E-state index in [9.17, 15) is 0 Å².